The summed E-state index contributed by atoms with van der Waals surface area (Å²) in [6, 6.07) is 8.09. The second kappa shape index (κ2) is 8.95. The fourth-order valence-electron chi connectivity index (χ4n) is 6.82. The molecule has 6 heterocycles. The largest absolute Gasteiger partial charge is 0.346 e. The number of halogens is 2. The third-order valence-electron chi connectivity index (χ3n) is 8.72. The number of piperidine rings is 1. The number of aromatic amines is 1. The van der Waals surface area contributed by atoms with Crippen LogP contribution in [0.25, 0.3) is 22.3 Å². The van der Waals surface area contributed by atoms with Crippen molar-refractivity contribution in [3.8, 4) is 17.3 Å². The number of nitrogens with one attached hydrogen (secondary N) is 1. The van der Waals surface area contributed by atoms with Crippen LogP contribution in [-0.4, -0.2) is 71.7 Å². The summed E-state index contributed by atoms with van der Waals surface area (Å²) in [6.45, 7) is 1.40. The van der Waals surface area contributed by atoms with Crippen molar-refractivity contribution in [3.05, 3.63) is 66.4 Å². The Morgan fingerprint density at radius 3 is 2.64 bits per heavy atom. The maximum absolute atomic E-state index is 13.8. The summed E-state index contributed by atoms with van der Waals surface area (Å²) in [5, 5.41) is 15.2. The molecular formula is C28H26F2N8O. The van der Waals surface area contributed by atoms with E-state index in [2.05, 4.69) is 31.0 Å². The zero-order valence-electron chi connectivity index (χ0n) is 21.1. The second-order valence-corrected chi connectivity index (χ2v) is 11.0. The smallest absolute Gasteiger partial charge is 0.254 e. The maximum Gasteiger partial charge on any atom is 0.254 e. The molecule has 7 rings (SSSR count). The van der Waals surface area contributed by atoms with E-state index in [0.717, 1.165) is 60.1 Å². The molecule has 3 aromatic heterocycles. The van der Waals surface area contributed by atoms with E-state index in [9.17, 15) is 18.8 Å². The number of carbonyl (C=O) groups is 1. The number of fused-ring (bicyclic) bond motifs is 3. The summed E-state index contributed by atoms with van der Waals surface area (Å²) in [7, 11) is 0. The normalized spacial score (nSPS) is 24.0. The molecule has 3 aliphatic rings. The lowest BCUT2D eigenvalue weighted by atomic mass is 9.82. The summed E-state index contributed by atoms with van der Waals surface area (Å²) in [5.41, 5.74) is 2.20. The number of aromatic nitrogens is 5. The molecule has 3 aliphatic heterocycles. The number of amides is 1. The van der Waals surface area contributed by atoms with Crippen LogP contribution in [0.1, 0.15) is 42.5 Å². The van der Waals surface area contributed by atoms with Crippen LogP contribution in [0, 0.1) is 23.0 Å². The topological polar surface area (TPSA) is 107 Å². The summed E-state index contributed by atoms with van der Waals surface area (Å²) in [6.07, 6.45) is 10.9. The number of rotatable bonds is 5. The fourth-order valence-corrected chi connectivity index (χ4v) is 6.82. The van der Waals surface area contributed by atoms with Gasteiger partial charge in [0.25, 0.3) is 5.91 Å². The molecule has 1 amide bonds. The first kappa shape index (κ1) is 23.9. The number of carbonyl (C=O) groups excluding carboxylic acids is 1. The number of hydrogen-bond acceptors (Lipinski definition) is 6. The van der Waals surface area contributed by atoms with Gasteiger partial charge in [-0.1, -0.05) is 0 Å². The van der Waals surface area contributed by atoms with Crippen LogP contribution in [-0.2, 0) is 5.54 Å². The molecule has 1 N–H and O–H groups in total. The zero-order chi connectivity index (χ0) is 26.7. The Morgan fingerprint density at radius 2 is 1.90 bits per heavy atom. The van der Waals surface area contributed by atoms with E-state index in [-0.39, 0.29) is 23.6 Å². The van der Waals surface area contributed by atoms with Crippen molar-refractivity contribution in [2.24, 2.45) is 0 Å². The van der Waals surface area contributed by atoms with Gasteiger partial charge in [0.2, 0.25) is 0 Å². The standard InChI is InChI=1S/C28H26F2N8O/c29-23-4-1-17(9-24(23)30)27(39)38-19-2-3-20(38)11-21(10-19)36-14-28(15-36,6-7-31)37-13-18(12-35-37)25-22-5-8-32-26(22)34-16-33-25/h1,4-5,8-9,12-13,16,19-21H,2-3,6,10-11,14-15H2,(H,32,33,34). The molecule has 3 fully saturated rings. The van der Waals surface area contributed by atoms with Gasteiger partial charge in [0.15, 0.2) is 11.6 Å². The summed E-state index contributed by atoms with van der Waals surface area (Å²) in [4.78, 5) is 29.3. The Kier molecular flexibility index (Phi) is 5.49. The predicted octanol–water partition coefficient (Wildman–Crippen LogP) is 3.86. The number of H-pyrrole nitrogens is 1. The SMILES string of the molecule is N#CCC1(n2cc(-c3ncnc4[nH]ccc34)cn2)CN(C2CC3CCC(C2)N3C(=O)c2ccc(F)c(F)c2)C1. The summed E-state index contributed by atoms with van der Waals surface area (Å²) in [5.74, 6) is -2.19. The van der Waals surface area contributed by atoms with Gasteiger partial charge in [-0.2, -0.15) is 10.4 Å². The molecule has 9 nitrogen and oxygen atoms in total. The van der Waals surface area contributed by atoms with Crippen LogP contribution >= 0.6 is 0 Å². The van der Waals surface area contributed by atoms with Gasteiger partial charge in [-0.05, 0) is 49.9 Å². The predicted molar refractivity (Wildman–Crippen MR) is 137 cm³/mol. The van der Waals surface area contributed by atoms with Crippen molar-refractivity contribution < 1.29 is 13.6 Å². The monoisotopic (exact) mass is 528 g/mol. The molecule has 0 aliphatic carbocycles. The van der Waals surface area contributed by atoms with Crippen molar-refractivity contribution in [3.63, 3.8) is 0 Å². The van der Waals surface area contributed by atoms with Gasteiger partial charge < -0.3 is 9.88 Å². The quantitative estimate of drug-likeness (QED) is 0.422. The first-order valence-corrected chi connectivity index (χ1v) is 13.2. The lowest BCUT2D eigenvalue weighted by molar-refractivity contribution is -0.0511. The third kappa shape index (κ3) is 3.81. The molecule has 3 saturated heterocycles. The van der Waals surface area contributed by atoms with Gasteiger partial charge in [0.1, 0.15) is 17.5 Å². The van der Waals surface area contributed by atoms with Gasteiger partial charge in [0.05, 0.1) is 24.4 Å². The first-order chi connectivity index (χ1) is 19.0. The van der Waals surface area contributed by atoms with Gasteiger partial charge in [-0.25, -0.2) is 18.7 Å². The van der Waals surface area contributed by atoms with Crippen molar-refractivity contribution in [2.75, 3.05) is 13.1 Å². The van der Waals surface area contributed by atoms with Gasteiger partial charge >= 0.3 is 0 Å². The van der Waals surface area contributed by atoms with Crippen LogP contribution in [0.5, 0.6) is 0 Å². The number of nitrogens with zero attached hydrogens (tertiary/aromatic N) is 7. The van der Waals surface area contributed by atoms with Crippen molar-refractivity contribution in [1.82, 2.24) is 34.5 Å². The average molecular weight is 529 g/mol. The highest BCUT2D eigenvalue weighted by atomic mass is 19.2. The number of nitriles is 1. The Bertz CT molecular complexity index is 1600. The molecule has 2 atom stereocenters. The molecule has 2 bridgehead atoms. The molecule has 39 heavy (non-hydrogen) atoms. The highest BCUT2D eigenvalue weighted by Gasteiger charge is 2.52. The zero-order valence-corrected chi connectivity index (χ0v) is 21.1. The van der Waals surface area contributed by atoms with Crippen LogP contribution in [0.4, 0.5) is 8.78 Å². The molecule has 0 spiro atoms. The lowest BCUT2D eigenvalue weighted by Gasteiger charge is -2.54. The van der Waals surface area contributed by atoms with Crippen molar-refractivity contribution in [1.29, 1.82) is 5.26 Å². The molecular weight excluding hydrogens is 502 g/mol. The van der Waals surface area contributed by atoms with Crippen LogP contribution < -0.4 is 0 Å². The van der Waals surface area contributed by atoms with Gasteiger partial charge in [-0.15, -0.1) is 0 Å². The summed E-state index contributed by atoms with van der Waals surface area (Å²) >= 11 is 0. The Morgan fingerprint density at radius 1 is 1.10 bits per heavy atom. The van der Waals surface area contributed by atoms with E-state index in [4.69, 9.17) is 0 Å². The summed E-state index contributed by atoms with van der Waals surface area (Å²) < 4.78 is 29.1. The molecule has 1 aromatic carbocycles. The number of likely N-dealkylation sites (tertiary alicyclic amines) is 1. The Balaban J connectivity index is 1.07. The van der Waals surface area contributed by atoms with E-state index >= 15 is 0 Å². The molecule has 11 heteroatoms. The fraction of sp³-hybridized carbons (Fsp3) is 0.393. The van der Waals surface area contributed by atoms with Crippen LogP contribution in [0.2, 0.25) is 0 Å². The van der Waals surface area contributed by atoms with E-state index < -0.39 is 17.2 Å². The first-order valence-electron chi connectivity index (χ1n) is 13.2. The highest BCUT2D eigenvalue weighted by Crippen LogP contribution is 2.43. The molecule has 4 aromatic rings. The second-order valence-electron chi connectivity index (χ2n) is 11.0. The molecule has 198 valence electrons. The number of hydrogen-bond donors (Lipinski definition) is 1. The third-order valence-corrected chi connectivity index (χ3v) is 8.72. The van der Waals surface area contributed by atoms with Crippen molar-refractivity contribution in [2.45, 2.75) is 55.8 Å². The van der Waals surface area contributed by atoms with Crippen molar-refractivity contribution >= 4 is 16.9 Å². The minimum Gasteiger partial charge on any atom is -0.346 e. The minimum absolute atomic E-state index is 0.0677. The van der Waals surface area contributed by atoms with E-state index in [1.807, 2.05) is 28.0 Å². The number of benzene rings is 1. The van der Waals surface area contributed by atoms with Gasteiger partial charge in [-0.3, -0.25) is 14.4 Å². The maximum atomic E-state index is 13.8. The highest BCUT2D eigenvalue weighted by molar-refractivity contribution is 5.95. The molecule has 0 radical (unpaired) electrons. The molecule has 0 saturated carbocycles. The minimum atomic E-state index is -1.00. The Labute approximate surface area is 223 Å². The van der Waals surface area contributed by atoms with E-state index in [1.54, 1.807) is 6.20 Å². The average Bonchev–Trinajstić information content (AvgIpc) is 3.65. The Hall–Kier alpha value is -4.17. The van der Waals surface area contributed by atoms with Gasteiger partial charge in [0, 0.05) is 60.1 Å². The van der Waals surface area contributed by atoms with E-state index in [0.29, 0.717) is 25.6 Å². The molecule has 2 unspecified atom stereocenters. The van der Waals surface area contributed by atoms with Crippen LogP contribution in [0.15, 0.2) is 49.2 Å². The lowest BCUT2D eigenvalue weighted by Crippen LogP contribution is -2.67. The van der Waals surface area contributed by atoms with E-state index in [1.165, 1.54) is 12.4 Å². The van der Waals surface area contributed by atoms with Crippen LogP contribution in [0.3, 0.4) is 0 Å².